The molecule has 0 saturated heterocycles. The highest BCUT2D eigenvalue weighted by atomic mass is 19.2. The number of aromatic nitrogens is 3. The van der Waals surface area contributed by atoms with Crippen LogP contribution < -0.4 is 5.32 Å². The van der Waals surface area contributed by atoms with Crippen LogP contribution in [0.2, 0.25) is 0 Å². The van der Waals surface area contributed by atoms with Crippen LogP contribution in [-0.2, 0) is 0 Å². The summed E-state index contributed by atoms with van der Waals surface area (Å²) >= 11 is 0. The van der Waals surface area contributed by atoms with Gasteiger partial charge in [-0.3, -0.25) is 0 Å². The monoisotopic (exact) mass is 364 g/mol. The first-order chi connectivity index (χ1) is 13.0. The Morgan fingerprint density at radius 2 is 1.74 bits per heavy atom. The molecule has 4 aromatic rings. The average Bonchev–Trinajstić information content (AvgIpc) is 3.10. The maximum atomic E-state index is 13.5. The van der Waals surface area contributed by atoms with Crippen molar-refractivity contribution >= 4 is 22.5 Å². The van der Waals surface area contributed by atoms with Gasteiger partial charge in [0.2, 0.25) is 0 Å². The summed E-state index contributed by atoms with van der Waals surface area (Å²) in [6, 6.07) is 13.6. The van der Waals surface area contributed by atoms with E-state index in [2.05, 4.69) is 46.2 Å². The number of nitrogens with zero attached hydrogens (tertiary/aromatic N) is 2. The Morgan fingerprint density at radius 3 is 2.44 bits per heavy atom. The average molecular weight is 364 g/mol. The summed E-state index contributed by atoms with van der Waals surface area (Å²) < 4.78 is 26.7. The third kappa shape index (κ3) is 3.38. The molecule has 0 aliphatic carbocycles. The van der Waals surface area contributed by atoms with Crippen LogP contribution in [-0.4, -0.2) is 15.0 Å². The maximum Gasteiger partial charge on any atom is 0.159 e. The summed E-state index contributed by atoms with van der Waals surface area (Å²) in [6.07, 6.45) is 1.67. The van der Waals surface area contributed by atoms with E-state index in [1.165, 1.54) is 11.6 Å². The highest BCUT2D eigenvalue weighted by Gasteiger charge is 2.12. The molecule has 0 bridgehead atoms. The van der Waals surface area contributed by atoms with Crippen LogP contribution in [0, 0.1) is 11.6 Å². The van der Waals surface area contributed by atoms with Gasteiger partial charge in [-0.15, -0.1) is 0 Å². The largest absolute Gasteiger partial charge is 0.338 e. The number of rotatable bonds is 4. The number of fused-ring (bicyclic) bond motifs is 1. The second-order valence-electron chi connectivity index (χ2n) is 6.67. The molecule has 2 aromatic carbocycles. The molecule has 0 radical (unpaired) electrons. The van der Waals surface area contributed by atoms with Crippen molar-refractivity contribution in [3.63, 3.8) is 0 Å². The minimum Gasteiger partial charge on any atom is -0.338 e. The minimum absolute atomic E-state index is 0.454. The van der Waals surface area contributed by atoms with Gasteiger partial charge in [-0.25, -0.2) is 18.7 Å². The van der Waals surface area contributed by atoms with Gasteiger partial charge in [0, 0.05) is 17.4 Å². The number of hydrogen-bond acceptors (Lipinski definition) is 3. The number of pyridine rings is 1. The Kier molecular flexibility index (Phi) is 4.32. The Bertz CT molecular complexity index is 1100. The summed E-state index contributed by atoms with van der Waals surface area (Å²) in [4.78, 5) is 12.0. The van der Waals surface area contributed by atoms with Gasteiger partial charge in [-0.05, 0) is 47.9 Å². The Morgan fingerprint density at radius 1 is 0.963 bits per heavy atom. The van der Waals surface area contributed by atoms with E-state index >= 15 is 0 Å². The summed E-state index contributed by atoms with van der Waals surface area (Å²) in [5.41, 5.74) is 4.01. The molecular formula is C21H18F2N4. The lowest BCUT2D eigenvalue weighted by atomic mass is 10.0. The van der Waals surface area contributed by atoms with Crippen LogP contribution in [0.15, 0.2) is 54.7 Å². The Balaban J connectivity index is 1.69. The molecule has 6 heteroatoms. The van der Waals surface area contributed by atoms with Gasteiger partial charge >= 0.3 is 0 Å². The van der Waals surface area contributed by atoms with E-state index in [1.54, 1.807) is 12.3 Å². The van der Waals surface area contributed by atoms with Crippen molar-refractivity contribution in [1.82, 2.24) is 15.0 Å². The molecule has 0 amide bonds. The molecule has 4 rings (SSSR count). The van der Waals surface area contributed by atoms with E-state index in [9.17, 15) is 8.78 Å². The summed E-state index contributed by atoms with van der Waals surface area (Å²) in [6.45, 7) is 4.29. The van der Waals surface area contributed by atoms with Crippen LogP contribution >= 0.6 is 0 Å². The molecule has 4 nitrogen and oxygen atoms in total. The molecular weight excluding hydrogens is 346 g/mol. The van der Waals surface area contributed by atoms with E-state index in [4.69, 9.17) is 0 Å². The molecule has 2 aromatic heterocycles. The van der Waals surface area contributed by atoms with E-state index in [0.717, 1.165) is 23.3 Å². The number of H-pyrrole nitrogens is 1. The molecule has 0 atom stereocenters. The first-order valence-corrected chi connectivity index (χ1v) is 8.68. The highest BCUT2D eigenvalue weighted by molar-refractivity contribution is 5.89. The number of aromatic amines is 1. The van der Waals surface area contributed by atoms with Gasteiger partial charge in [0.15, 0.2) is 17.5 Å². The minimum atomic E-state index is -0.908. The zero-order valence-corrected chi connectivity index (χ0v) is 14.9. The fraction of sp³-hybridized carbons (Fsp3) is 0.143. The third-order valence-electron chi connectivity index (χ3n) is 4.43. The fourth-order valence-electron chi connectivity index (χ4n) is 2.90. The van der Waals surface area contributed by atoms with Crippen molar-refractivity contribution in [2.75, 3.05) is 5.32 Å². The van der Waals surface area contributed by atoms with Crippen LogP contribution in [0.5, 0.6) is 0 Å². The molecule has 0 aliphatic rings. The molecule has 0 saturated carbocycles. The Hall–Kier alpha value is -3.28. The molecule has 136 valence electrons. The topological polar surface area (TPSA) is 53.6 Å². The quantitative estimate of drug-likeness (QED) is 0.483. The smallest absolute Gasteiger partial charge is 0.159 e. The standard InChI is InChI=1S/C21H18F2N4/c1-12(2)13-3-6-15(7-4-13)25-21-19-18(9-10-24-21)26-20(27-19)14-5-8-16(22)17(23)11-14/h3-12H,1-2H3,(H,24,25)(H,26,27). The number of halogens is 2. The third-order valence-corrected chi connectivity index (χ3v) is 4.43. The van der Waals surface area contributed by atoms with Crippen molar-refractivity contribution in [1.29, 1.82) is 0 Å². The highest BCUT2D eigenvalue weighted by Crippen LogP contribution is 2.27. The molecule has 0 fully saturated rings. The predicted molar refractivity (Wildman–Crippen MR) is 103 cm³/mol. The fourth-order valence-corrected chi connectivity index (χ4v) is 2.90. The molecule has 27 heavy (non-hydrogen) atoms. The Labute approximate surface area is 155 Å². The first-order valence-electron chi connectivity index (χ1n) is 8.68. The normalized spacial score (nSPS) is 11.3. The van der Waals surface area contributed by atoms with Gasteiger partial charge in [-0.2, -0.15) is 0 Å². The number of hydrogen-bond donors (Lipinski definition) is 2. The summed E-state index contributed by atoms with van der Waals surface area (Å²) in [5.74, 6) is -0.283. The maximum absolute atomic E-state index is 13.5. The van der Waals surface area contributed by atoms with E-state index in [1.807, 2.05) is 12.1 Å². The second-order valence-corrected chi connectivity index (χ2v) is 6.67. The summed E-state index contributed by atoms with van der Waals surface area (Å²) in [5, 5.41) is 3.27. The van der Waals surface area contributed by atoms with Gasteiger partial charge in [0.25, 0.3) is 0 Å². The van der Waals surface area contributed by atoms with E-state index < -0.39 is 11.6 Å². The molecule has 2 N–H and O–H groups in total. The van der Waals surface area contributed by atoms with Gasteiger partial charge in [0.1, 0.15) is 11.3 Å². The van der Waals surface area contributed by atoms with Crippen LogP contribution in [0.4, 0.5) is 20.3 Å². The van der Waals surface area contributed by atoms with Crippen molar-refractivity contribution in [3.05, 3.63) is 71.9 Å². The number of benzene rings is 2. The molecule has 0 aliphatic heterocycles. The molecule has 0 spiro atoms. The van der Waals surface area contributed by atoms with Gasteiger partial charge < -0.3 is 10.3 Å². The van der Waals surface area contributed by atoms with Gasteiger partial charge in [0.05, 0.1) is 5.52 Å². The zero-order valence-electron chi connectivity index (χ0n) is 14.9. The second kappa shape index (κ2) is 6.79. The SMILES string of the molecule is CC(C)c1ccc(Nc2nccc3[nH]c(-c4ccc(F)c(F)c4)nc23)cc1. The van der Waals surface area contributed by atoms with Crippen LogP contribution in [0.25, 0.3) is 22.4 Å². The van der Waals surface area contributed by atoms with Crippen LogP contribution in [0.1, 0.15) is 25.3 Å². The van der Waals surface area contributed by atoms with Crippen LogP contribution in [0.3, 0.4) is 0 Å². The lowest BCUT2D eigenvalue weighted by Gasteiger charge is -2.09. The predicted octanol–water partition coefficient (Wildman–Crippen LogP) is 5.77. The van der Waals surface area contributed by atoms with Gasteiger partial charge in [-0.1, -0.05) is 26.0 Å². The van der Waals surface area contributed by atoms with Crippen molar-refractivity contribution in [3.8, 4) is 11.4 Å². The number of nitrogens with one attached hydrogen (secondary N) is 2. The molecule has 0 unspecified atom stereocenters. The first kappa shape index (κ1) is 17.1. The van der Waals surface area contributed by atoms with E-state index in [0.29, 0.717) is 28.6 Å². The number of imidazole rings is 1. The lowest BCUT2D eigenvalue weighted by molar-refractivity contribution is 0.509. The summed E-state index contributed by atoms with van der Waals surface area (Å²) in [7, 11) is 0. The van der Waals surface area contributed by atoms with Crippen molar-refractivity contribution in [2.45, 2.75) is 19.8 Å². The zero-order chi connectivity index (χ0) is 19.0. The van der Waals surface area contributed by atoms with Crippen molar-refractivity contribution in [2.24, 2.45) is 0 Å². The van der Waals surface area contributed by atoms with E-state index in [-0.39, 0.29) is 0 Å². The molecule has 2 heterocycles. The number of anilines is 2. The lowest BCUT2D eigenvalue weighted by Crippen LogP contribution is -1.95. The van der Waals surface area contributed by atoms with Crippen molar-refractivity contribution < 1.29 is 8.78 Å².